The molecule has 0 atom stereocenters. The van der Waals surface area contributed by atoms with Gasteiger partial charge in [0.25, 0.3) is 0 Å². The van der Waals surface area contributed by atoms with Crippen LogP contribution in [0.4, 0.5) is 5.69 Å². The van der Waals surface area contributed by atoms with E-state index in [0.29, 0.717) is 6.54 Å². The molecule has 0 aliphatic heterocycles. The van der Waals surface area contributed by atoms with E-state index in [1.165, 1.54) is 0 Å². The van der Waals surface area contributed by atoms with Crippen molar-refractivity contribution in [1.29, 1.82) is 0 Å². The number of rotatable bonds is 4. The molecule has 1 heterocycles. The number of amides is 1. The van der Waals surface area contributed by atoms with Gasteiger partial charge in [-0.1, -0.05) is 11.3 Å². The second-order valence-corrected chi connectivity index (χ2v) is 3.44. The fraction of sp³-hybridized carbons (Fsp3) is 0.364. The van der Waals surface area contributed by atoms with Crippen LogP contribution in [0.25, 0.3) is 11.0 Å². The normalized spacial score (nSPS) is 10.6. The first-order chi connectivity index (χ1) is 7.81. The summed E-state index contributed by atoms with van der Waals surface area (Å²) in [6.45, 7) is 5.34. The minimum Gasteiger partial charge on any atom is -0.313 e. The van der Waals surface area contributed by atoms with Crippen molar-refractivity contribution in [1.82, 2.24) is 15.0 Å². The molecule has 5 nitrogen and oxygen atoms in total. The van der Waals surface area contributed by atoms with E-state index in [9.17, 15) is 4.79 Å². The highest BCUT2D eigenvalue weighted by Crippen LogP contribution is 2.23. The van der Waals surface area contributed by atoms with Crippen LogP contribution < -0.4 is 4.90 Å². The highest BCUT2D eigenvalue weighted by atomic mass is 16.1. The maximum atomic E-state index is 10.9. The molecule has 2 aromatic rings. The standard InChI is InChI=1S/C11H14N4O/c1-3-14(8-16)9-6-5-7-10-11(9)12-13-15(10)4-2/h5-8H,3-4H2,1-2H3. The fourth-order valence-electron chi connectivity index (χ4n) is 1.74. The number of hydrogen-bond acceptors (Lipinski definition) is 3. The molecule has 0 aliphatic carbocycles. The number of carbonyl (C=O) groups excluding carboxylic acids is 1. The molecule has 16 heavy (non-hydrogen) atoms. The number of anilines is 1. The SMILES string of the molecule is CCN(C=O)c1cccc2c1nnn2CC. The second-order valence-electron chi connectivity index (χ2n) is 3.44. The Kier molecular flexibility index (Phi) is 2.85. The number of hydrogen-bond donors (Lipinski definition) is 0. The first-order valence-corrected chi connectivity index (χ1v) is 5.36. The van der Waals surface area contributed by atoms with E-state index in [1.807, 2.05) is 36.7 Å². The minimum absolute atomic E-state index is 0.627. The van der Waals surface area contributed by atoms with Crippen molar-refractivity contribution in [2.45, 2.75) is 20.4 Å². The molecule has 1 aromatic carbocycles. The molecule has 0 N–H and O–H groups in total. The van der Waals surface area contributed by atoms with Gasteiger partial charge in [0.2, 0.25) is 6.41 Å². The molecule has 1 aromatic heterocycles. The van der Waals surface area contributed by atoms with Crippen LogP contribution in [0.3, 0.4) is 0 Å². The number of carbonyl (C=O) groups is 1. The van der Waals surface area contributed by atoms with Crippen molar-refractivity contribution in [2.75, 3.05) is 11.4 Å². The van der Waals surface area contributed by atoms with Crippen LogP contribution in [0.1, 0.15) is 13.8 Å². The van der Waals surface area contributed by atoms with Gasteiger partial charge in [0.1, 0.15) is 5.52 Å². The van der Waals surface area contributed by atoms with E-state index >= 15 is 0 Å². The molecular formula is C11H14N4O. The molecule has 0 fully saturated rings. The van der Waals surface area contributed by atoms with Crippen LogP contribution >= 0.6 is 0 Å². The van der Waals surface area contributed by atoms with Crippen molar-refractivity contribution in [3.05, 3.63) is 18.2 Å². The summed E-state index contributed by atoms with van der Waals surface area (Å²) in [7, 11) is 0. The van der Waals surface area contributed by atoms with Gasteiger partial charge in [-0.2, -0.15) is 0 Å². The average molecular weight is 218 g/mol. The van der Waals surface area contributed by atoms with Gasteiger partial charge in [-0.25, -0.2) is 4.68 Å². The van der Waals surface area contributed by atoms with Crippen molar-refractivity contribution >= 4 is 23.1 Å². The Morgan fingerprint density at radius 1 is 1.44 bits per heavy atom. The summed E-state index contributed by atoms with van der Waals surface area (Å²) in [4.78, 5) is 12.5. The van der Waals surface area contributed by atoms with E-state index in [0.717, 1.165) is 29.7 Å². The highest BCUT2D eigenvalue weighted by Gasteiger charge is 2.11. The number of aromatic nitrogens is 3. The topological polar surface area (TPSA) is 51.0 Å². The molecule has 0 saturated heterocycles. The Morgan fingerprint density at radius 3 is 2.88 bits per heavy atom. The molecule has 0 saturated carbocycles. The Morgan fingerprint density at radius 2 is 2.25 bits per heavy atom. The van der Waals surface area contributed by atoms with Gasteiger partial charge >= 0.3 is 0 Å². The molecule has 0 radical (unpaired) electrons. The lowest BCUT2D eigenvalue weighted by atomic mass is 10.2. The summed E-state index contributed by atoms with van der Waals surface area (Å²) in [6, 6.07) is 5.76. The van der Waals surface area contributed by atoms with Crippen molar-refractivity contribution < 1.29 is 4.79 Å². The van der Waals surface area contributed by atoms with Crippen LogP contribution in [0.15, 0.2) is 18.2 Å². The van der Waals surface area contributed by atoms with Crippen LogP contribution in [0.2, 0.25) is 0 Å². The van der Waals surface area contributed by atoms with Gasteiger partial charge in [0.15, 0.2) is 0 Å². The zero-order chi connectivity index (χ0) is 11.5. The molecule has 0 bridgehead atoms. The van der Waals surface area contributed by atoms with Gasteiger partial charge in [-0.15, -0.1) is 5.10 Å². The fourth-order valence-corrected chi connectivity index (χ4v) is 1.74. The quantitative estimate of drug-likeness (QED) is 0.729. The Labute approximate surface area is 93.7 Å². The Bertz CT molecular complexity index is 506. The first-order valence-electron chi connectivity index (χ1n) is 5.36. The second kappa shape index (κ2) is 4.30. The zero-order valence-electron chi connectivity index (χ0n) is 9.42. The van der Waals surface area contributed by atoms with Gasteiger partial charge in [0, 0.05) is 13.1 Å². The molecule has 0 aliphatic rings. The van der Waals surface area contributed by atoms with Crippen LogP contribution in [-0.2, 0) is 11.3 Å². The van der Waals surface area contributed by atoms with E-state index < -0.39 is 0 Å². The number of nitrogens with zero attached hydrogens (tertiary/aromatic N) is 4. The summed E-state index contributed by atoms with van der Waals surface area (Å²) >= 11 is 0. The first kappa shape index (κ1) is 10.6. The third-order valence-corrected chi connectivity index (χ3v) is 2.60. The molecule has 0 spiro atoms. The molecule has 2 rings (SSSR count). The predicted molar refractivity (Wildman–Crippen MR) is 62.3 cm³/mol. The van der Waals surface area contributed by atoms with Crippen molar-refractivity contribution in [3.8, 4) is 0 Å². The third-order valence-electron chi connectivity index (χ3n) is 2.60. The van der Waals surface area contributed by atoms with Gasteiger partial charge in [-0.3, -0.25) is 4.79 Å². The van der Waals surface area contributed by atoms with E-state index in [-0.39, 0.29) is 0 Å². The van der Waals surface area contributed by atoms with Crippen LogP contribution in [-0.4, -0.2) is 27.9 Å². The molecule has 5 heteroatoms. The minimum atomic E-state index is 0.627. The van der Waals surface area contributed by atoms with Gasteiger partial charge in [0.05, 0.1) is 11.2 Å². The highest BCUT2D eigenvalue weighted by molar-refractivity contribution is 5.93. The monoisotopic (exact) mass is 218 g/mol. The van der Waals surface area contributed by atoms with Crippen LogP contribution in [0.5, 0.6) is 0 Å². The molecule has 1 amide bonds. The van der Waals surface area contributed by atoms with Gasteiger partial charge < -0.3 is 4.90 Å². The smallest absolute Gasteiger partial charge is 0.214 e. The van der Waals surface area contributed by atoms with Crippen molar-refractivity contribution in [3.63, 3.8) is 0 Å². The average Bonchev–Trinajstić information content (AvgIpc) is 2.74. The maximum Gasteiger partial charge on any atom is 0.214 e. The third kappa shape index (κ3) is 1.54. The van der Waals surface area contributed by atoms with E-state index in [1.54, 1.807) is 4.90 Å². The molecular weight excluding hydrogens is 204 g/mol. The molecule has 0 unspecified atom stereocenters. The van der Waals surface area contributed by atoms with E-state index in [4.69, 9.17) is 0 Å². The summed E-state index contributed by atoms with van der Waals surface area (Å²) < 4.78 is 1.82. The number of aryl methyl sites for hydroxylation is 1. The van der Waals surface area contributed by atoms with Crippen molar-refractivity contribution in [2.24, 2.45) is 0 Å². The predicted octanol–water partition coefficient (Wildman–Crippen LogP) is 1.43. The summed E-state index contributed by atoms with van der Waals surface area (Å²) in [6.07, 6.45) is 0.819. The lowest BCUT2D eigenvalue weighted by molar-refractivity contribution is -0.107. The number of benzene rings is 1. The summed E-state index contributed by atoms with van der Waals surface area (Å²) in [5.41, 5.74) is 2.55. The Hall–Kier alpha value is -1.91. The lowest BCUT2D eigenvalue weighted by Crippen LogP contribution is -2.20. The Balaban J connectivity index is 2.62. The van der Waals surface area contributed by atoms with E-state index in [2.05, 4.69) is 10.3 Å². The zero-order valence-corrected chi connectivity index (χ0v) is 9.42. The summed E-state index contributed by atoms with van der Waals surface area (Å²) in [5, 5.41) is 8.17. The van der Waals surface area contributed by atoms with Crippen LogP contribution in [0, 0.1) is 0 Å². The maximum absolute atomic E-state index is 10.9. The molecule has 84 valence electrons. The lowest BCUT2D eigenvalue weighted by Gasteiger charge is -2.14. The largest absolute Gasteiger partial charge is 0.313 e. The van der Waals surface area contributed by atoms with Gasteiger partial charge in [-0.05, 0) is 26.0 Å². The number of fused-ring (bicyclic) bond motifs is 1. The summed E-state index contributed by atoms with van der Waals surface area (Å²) in [5.74, 6) is 0.